The Labute approximate surface area is 176 Å². The minimum atomic E-state index is -3.51. The van der Waals surface area contributed by atoms with Crippen LogP contribution in [0.2, 0.25) is 5.02 Å². The van der Waals surface area contributed by atoms with Crippen LogP contribution in [0.25, 0.3) is 0 Å². The molecule has 0 atom stereocenters. The highest BCUT2D eigenvalue weighted by molar-refractivity contribution is 7.89. The standard InChI is InChI=1S/C21H25ClN2O4S/c1-2-28-20-12-7-16(15-19(20)22)21(25)23-17-8-10-18(11-9-17)29(26,27)24-13-5-3-4-6-14-24/h7-12,15H,2-6,13-14H2,1H3,(H,23,25). The summed E-state index contributed by atoms with van der Waals surface area (Å²) in [6.07, 6.45) is 3.90. The van der Waals surface area contributed by atoms with Crippen molar-refractivity contribution in [1.82, 2.24) is 4.31 Å². The number of halogens is 1. The minimum Gasteiger partial charge on any atom is -0.492 e. The Balaban J connectivity index is 1.70. The molecule has 1 aliphatic heterocycles. The molecular weight excluding hydrogens is 412 g/mol. The zero-order valence-electron chi connectivity index (χ0n) is 16.4. The van der Waals surface area contributed by atoms with Gasteiger partial charge in [0.05, 0.1) is 16.5 Å². The molecule has 0 aromatic heterocycles. The fourth-order valence-electron chi connectivity index (χ4n) is 3.26. The first-order valence-electron chi connectivity index (χ1n) is 9.75. The smallest absolute Gasteiger partial charge is 0.255 e. The molecule has 1 aliphatic rings. The van der Waals surface area contributed by atoms with Crippen molar-refractivity contribution >= 4 is 33.2 Å². The normalized spacial score (nSPS) is 15.5. The molecule has 0 spiro atoms. The van der Waals surface area contributed by atoms with E-state index in [-0.39, 0.29) is 10.8 Å². The number of sulfonamides is 1. The van der Waals surface area contributed by atoms with Gasteiger partial charge in [-0.2, -0.15) is 4.31 Å². The van der Waals surface area contributed by atoms with Crippen molar-refractivity contribution < 1.29 is 17.9 Å². The van der Waals surface area contributed by atoms with E-state index in [0.717, 1.165) is 25.7 Å². The largest absolute Gasteiger partial charge is 0.492 e. The number of rotatable bonds is 6. The molecule has 8 heteroatoms. The summed E-state index contributed by atoms with van der Waals surface area (Å²) < 4.78 is 32.6. The lowest BCUT2D eigenvalue weighted by atomic mass is 10.2. The van der Waals surface area contributed by atoms with E-state index < -0.39 is 10.0 Å². The van der Waals surface area contributed by atoms with Crippen molar-refractivity contribution in [3.63, 3.8) is 0 Å². The second-order valence-corrected chi connectivity index (χ2v) is 9.22. The highest BCUT2D eigenvalue weighted by atomic mass is 35.5. The van der Waals surface area contributed by atoms with Crippen LogP contribution >= 0.6 is 11.6 Å². The molecule has 0 unspecified atom stereocenters. The molecule has 156 valence electrons. The molecule has 1 fully saturated rings. The SMILES string of the molecule is CCOc1ccc(C(=O)Nc2ccc(S(=O)(=O)N3CCCCCC3)cc2)cc1Cl. The van der Waals surface area contributed by atoms with Crippen molar-refractivity contribution in [3.05, 3.63) is 53.1 Å². The third kappa shape index (κ3) is 5.29. The van der Waals surface area contributed by atoms with Crippen molar-refractivity contribution in [2.45, 2.75) is 37.5 Å². The molecule has 2 aromatic carbocycles. The number of hydrogen-bond donors (Lipinski definition) is 1. The van der Waals surface area contributed by atoms with E-state index in [9.17, 15) is 13.2 Å². The van der Waals surface area contributed by atoms with E-state index in [1.54, 1.807) is 34.6 Å². The maximum absolute atomic E-state index is 12.8. The van der Waals surface area contributed by atoms with Gasteiger partial charge in [-0.25, -0.2) is 8.42 Å². The predicted octanol–water partition coefficient (Wildman–Crippen LogP) is 4.56. The fraction of sp³-hybridized carbons (Fsp3) is 0.381. The Morgan fingerprint density at radius 2 is 1.72 bits per heavy atom. The number of carbonyl (C=O) groups is 1. The number of anilines is 1. The van der Waals surface area contributed by atoms with E-state index in [0.29, 0.717) is 41.7 Å². The molecule has 2 aromatic rings. The molecule has 29 heavy (non-hydrogen) atoms. The Morgan fingerprint density at radius 1 is 1.07 bits per heavy atom. The summed E-state index contributed by atoms with van der Waals surface area (Å²) in [6, 6.07) is 11.1. The van der Waals surface area contributed by atoms with Gasteiger partial charge in [0.1, 0.15) is 5.75 Å². The first-order valence-corrected chi connectivity index (χ1v) is 11.6. The third-order valence-corrected chi connectivity index (χ3v) is 7.02. The number of nitrogens with one attached hydrogen (secondary N) is 1. The average Bonchev–Trinajstić information content (AvgIpc) is 3.00. The molecule has 1 amide bonds. The molecule has 0 radical (unpaired) electrons. The van der Waals surface area contributed by atoms with Crippen LogP contribution in [0.3, 0.4) is 0 Å². The summed E-state index contributed by atoms with van der Waals surface area (Å²) in [5, 5.41) is 3.12. The lowest BCUT2D eigenvalue weighted by Gasteiger charge is -2.20. The van der Waals surface area contributed by atoms with E-state index in [1.165, 1.54) is 12.1 Å². The maximum atomic E-state index is 12.8. The van der Waals surface area contributed by atoms with Gasteiger partial charge in [0, 0.05) is 24.3 Å². The van der Waals surface area contributed by atoms with Gasteiger partial charge in [0.25, 0.3) is 5.91 Å². The van der Waals surface area contributed by atoms with Crippen LogP contribution in [0, 0.1) is 0 Å². The minimum absolute atomic E-state index is 0.238. The number of benzene rings is 2. The van der Waals surface area contributed by atoms with Crippen LogP contribution < -0.4 is 10.1 Å². The Kier molecular flexibility index (Phi) is 7.16. The van der Waals surface area contributed by atoms with Crippen LogP contribution in [-0.4, -0.2) is 38.3 Å². The lowest BCUT2D eigenvalue weighted by molar-refractivity contribution is 0.102. The van der Waals surface area contributed by atoms with Crippen LogP contribution in [0.4, 0.5) is 5.69 Å². The van der Waals surface area contributed by atoms with Crippen LogP contribution in [0.15, 0.2) is 47.4 Å². The Morgan fingerprint density at radius 3 is 2.31 bits per heavy atom. The summed E-state index contributed by atoms with van der Waals surface area (Å²) in [5.74, 6) is 0.187. The lowest BCUT2D eigenvalue weighted by Crippen LogP contribution is -2.31. The summed E-state index contributed by atoms with van der Waals surface area (Å²) in [6.45, 7) is 3.45. The summed E-state index contributed by atoms with van der Waals surface area (Å²) in [4.78, 5) is 12.7. The van der Waals surface area contributed by atoms with Gasteiger partial charge in [-0.15, -0.1) is 0 Å². The number of hydrogen-bond acceptors (Lipinski definition) is 4. The molecule has 6 nitrogen and oxygen atoms in total. The van der Waals surface area contributed by atoms with Gasteiger partial charge in [-0.1, -0.05) is 24.4 Å². The van der Waals surface area contributed by atoms with Crippen molar-refractivity contribution in [1.29, 1.82) is 0 Å². The van der Waals surface area contributed by atoms with Gasteiger partial charge in [-0.3, -0.25) is 4.79 Å². The second-order valence-electron chi connectivity index (χ2n) is 6.88. The van der Waals surface area contributed by atoms with Crippen molar-refractivity contribution in [2.75, 3.05) is 25.0 Å². The third-order valence-electron chi connectivity index (χ3n) is 4.81. The highest BCUT2D eigenvalue weighted by Gasteiger charge is 2.25. The second kappa shape index (κ2) is 9.61. The molecule has 3 rings (SSSR count). The monoisotopic (exact) mass is 436 g/mol. The molecule has 0 aliphatic carbocycles. The summed E-state index contributed by atoms with van der Waals surface area (Å²) in [7, 11) is -3.51. The average molecular weight is 437 g/mol. The van der Waals surface area contributed by atoms with Crippen molar-refractivity contribution in [2.24, 2.45) is 0 Å². The zero-order chi connectivity index (χ0) is 20.9. The number of carbonyl (C=O) groups excluding carboxylic acids is 1. The van der Waals surface area contributed by atoms with E-state index in [4.69, 9.17) is 16.3 Å². The Hall–Kier alpha value is -2.09. The van der Waals surface area contributed by atoms with E-state index >= 15 is 0 Å². The number of ether oxygens (including phenoxy) is 1. The van der Waals surface area contributed by atoms with E-state index in [2.05, 4.69) is 5.32 Å². The first-order chi connectivity index (χ1) is 13.9. The van der Waals surface area contributed by atoms with Gasteiger partial charge in [-0.05, 0) is 62.2 Å². The fourth-order valence-corrected chi connectivity index (χ4v) is 5.01. The number of nitrogens with zero attached hydrogens (tertiary/aromatic N) is 1. The van der Waals surface area contributed by atoms with Gasteiger partial charge in [0.15, 0.2) is 0 Å². The molecule has 1 N–H and O–H groups in total. The molecular formula is C21H25ClN2O4S. The van der Waals surface area contributed by atoms with Crippen molar-refractivity contribution in [3.8, 4) is 5.75 Å². The highest BCUT2D eigenvalue weighted by Crippen LogP contribution is 2.26. The predicted molar refractivity (Wildman–Crippen MR) is 114 cm³/mol. The van der Waals surface area contributed by atoms with Crippen LogP contribution in [0.1, 0.15) is 43.0 Å². The number of amides is 1. The molecule has 1 heterocycles. The first kappa shape index (κ1) is 21.6. The topological polar surface area (TPSA) is 75.7 Å². The summed E-state index contributed by atoms with van der Waals surface area (Å²) in [5.41, 5.74) is 0.898. The molecule has 0 bridgehead atoms. The van der Waals surface area contributed by atoms with Gasteiger partial charge >= 0.3 is 0 Å². The maximum Gasteiger partial charge on any atom is 0.255 e. The quantitative estimate of drug-likeness (QED) is 0.720. The van der Waals surface area contributed by atoms with Crippen LogP contribution in [-0.2, 0) is 10.0 Å². The van der Waals surface area contributed by atoms with Gasteiger partial charge in [0.2, 0.25) is 10.0 Å². The zero-order valence-corrected chi connectivity index (χ0v) is 17.9. The van der Waals surface area contributed by atoms with Crippen LogP contribution in [0.5, 0.6) is 5.75 Å². The molecule has 1 saturated heterocycles. The van der Waals surface area contributed by atoms with E-state index in [1.807, 2.05) is 6.92 Å². The Bertz CT molecular complexity index is 953. The van der Waals surface area contributed by atoms with Gasteiger partial charge < -0.3 is 10.1 Å². The molecule has 0 saturated carbocycles. The summed E-state index contributed by atoms with van der Waals surface area (Å²) >= 11 is 6.14.